The molecule has 0 aliphatic rings. The molecule has 14 heteroatoms. The monoisotopic (exact) mass is 387 g/mol. The zero-order valence-electron chi connectivity index (χ0n) is 14.1. The third kappa shape index (κ3) is 3.33. The molecule has 0 aliphatic heterocycles. The van der Waals surface area contributed by atoms with Gasteiger partial charge in [-0.1, -0.05) is 5.21 Å². The number of primary amides is 2. The largest absolute Gasteiger partial charge is 0.378 e. The van der Waals surface area contributed by atoms with E-state index < -0.39 is 22.4 Å². The van der Waals surface area contributed by atoms with Gasteiger partial charge in [-0.15, -0.1) is 5.10 Å². The van der Waals surface area contributed by atoms with Crippen LogP contribution in [0.3, 0.4) is 0 Å². The summed E-state index contributed by atoms with van der Waals surface area (Å²) in [5.74, 6) is -1.59. The van der Waals surface area contributed by atoms with E-state index in [1.165, 1.54) is 12.1 Å². The number of nitro benzene ring substituents is 1. The predicted molar refractivity (Wildman–Crippen MR) is 93.7 cm³/mol. The number of carbonyl (C=O) groups excluding carboxylic acids is 2. The number of hydrogen-bond acceptors (Lipinski definition) is 9. The lowest BCUT2D eigenvalue weighted by Gasteiger charge is -2.09. The van der Waals surface area contributed by atoms with Crippen molar-refractivity contribution in [2.45, 2.75) is 6.54 Å². The van der Waals surface area contributed by atoms with Gasteiger partial charge in [-0.2, -0.15) is 4.68 Å². The molecule has 5 N–H and O–H groups in total. The fraction of sp³-hybridized carbons (Fsp3) is 0.143. The highest BCUT2D eigenvalue weighted by Gasteiger charge is 2.17. The van der Waals surface area contributed by atoms with Crippen LogP contribution in [0.4, 0.5) is 11.4 Å². The van der Waals surface area contributed by atoms with E-state index in [0.717, 1.165) is 21.5 Å². The van der Waals surface area contributed by atoms with E-state index in [4.69, 9.17) is 11.5 Å². The Hall–Kier alpha value is -4.36. The third-order valence-electron chi connectivity index (χ3n) is 3.77. The fourth-order valence-corrected chi connectivity index (χ4v) is 2.44. The van der Waals surface area contributed by atoms with Gasteiger partial charge in [0.15, 0.2) is 11.3 Å². The Kier molecular flexibility index (Phi) is 4.67. The van der Waals surface area contributed by atoms with Crippen molar-refractivity contribution in [3.8, 4) is 0 Å². The normalized spacial score (nSPS) is 10.7. The van der Waals surface area contributed by atoms with E-state index in [-0.39, 0.29) is 41.4 Å². The summed E-state index contributed by atoms with van der Waals surface area (Å²) in [5, 5.41) is 21.3. The number of aromatic nitrogens is 5. The smallest absolute Gasteiger partial charge is 0.353 e. The lowest BCUT2D eigenvalue weighted by molar-refractivity contribution is -0.384. The lowest BCUT2D eigenvalue weighted by Crippen LogP contribution is -2.32. The van der Waals surface area contributed by atoms with Crippen LogP contribution in [-0.2, 0) is 6.54 Å². The number of nitrogens with one attached hydrogen (secondary N) is 1. The Labute approximate surface area is 154 Å². The van der Waals surface area contributed by atoms with Crippen molar-refractivity contribution in [1.29, 1.82) is 0 Å². The Morgan fingerprint density at radius 1 is 1.25 bits per heavy atom. The number of rotatable bonds is 7. The summed E-state index contributed by atoms with van der Waals surface area (Å²) in [6, 6.07) is 3.63. The van der Waals surface area contributed by atoms with Gasteiger partial charge >= 0.3 is 5.69 Å². The number of anilines is 1. The van der Waals surface area contributed by atoms with Gasteiger partial charge in [0, 0.05) is 18.2 Å². The number of fused-ring (bicyclic) bond motifs is 1. The summed E-state index contributed by atoms with van der Waals surface area (Å²) in [7, 11) is 0. The molecule has 3 aromatic rings. The SMILES string of the molecule is NC(=O)c1ccc([N+](=O)[O-])c(NCCn2nnc3c(C(N)=O)ncn3c2=O)c1. The number of hydrogen-bond donors (Lipinski definition) is 3. The first-order valence-corrected chi connectivity index (χ1v) is 7.72. The van der Waals surface area contributed by atoms with Crippen LogP contribution in [0.2, 0.25) is 0 Å². The van der Waals surface area contributed by atoms with E-state index in [1.54, 1.807) is 0 Å². The van der Waals surface area contributed by atoms with E-state index in [0.29, 0.717) is 0 Å². The highest BCUT2D eigenvalue weighted by Crippen LogP contribution is 2.25. The van der Waals surface area contributed by atoms with E-state index in [9.17, 15) is 24.5 Å². The molecule has 0 saturated heterocycles. The molecule has 144 valence electrons. The van der Waals surface area contributed by atoms with Crippen LogP contribution in [-0.4, -0.2) is 47.7 Å². The van der Waals surface area contributed by atoms with Crippen LogP contribution in [0.15, 0.2) is 29.3 Å². The molecule has 28 heavy (non-hydrogen) atoms. The summed E-state index contributed by atoms with van der Waals surface area (Å²) in [4.78, 5) is 49.1. The van der Waals surface area contributed by atoms with Crippen LogP contribution in [0, 0.1) is 10.1 Å². The fourth-order valence-electron chi connectivity index (χ4n) is 2.44. The topological polar surface area (TPSA) is 206 Å². The van der Waals surface area contributed by atoms with Crippen LogP contribution >= 0.6 is 0 Å². The third-order valence-corrected chi connectivity index (χ3v) is 3.77. The molecule has 14 nitrogen and oxygen atoms in total. The molecule has 1 aromatic carbocycles. The summed E-state index contributed by atoms with van der Waals surface area (Å²) in [5.41, 5.74) is 9.31. The van der Waals surface area contributed by atoms with Gasteiger partial charge in [0.2, 0.25) is 5.91 Å². The summed E-state index contributed by atoms with van der Waals surface area (Å²) in [6.45, 7) is 0.0182. The first kappa shape index (κ1) is 18.4. The van der Waals surface area contributed by atoms with Gasteiger partial charge in [-0.25, -0.2) is 14.2 Å². The average molecular weight is 387 g/mol. The molecular weight excluding hydrogens is 374 g/mol. The molecule has 0 spiro atoms. The van der Waals surface area contributed by atoms with Gasteiger partial charge in [0.05, 0.1) is 11.5 Å². The molecule has 2 heterocycles. The molecule has 0 unspecified atom stereocenters. The van der Waals surface area contributed by atoms with Gasteiger partial charge in [-0.3, -0.25) is 19.7 Å². The highest BCUT2D eigenvalue weighted by molar-refractivity contribution is 5.96. The van der Waals surface area contributed by atoms with Gasteiger partial charge in [0.1, 0.15) is 12.0 Å². The van der Waals surface area contributed by atoms with Crippen LogP contribution in [0.5, 0.6) is 0 Å². The number of imidazole rings is 1. The van der Waals surface area contributed by atoms with Crippen LogP contribution in [0.25, 0.3) is 5.65 Å². The minimum absolute atomic E-state index is 0.0240. The number of amides is 2. The van der Waals surface area contributed by atoms with Crippen molar-refractivity contribution in [3.63, 3.8) is 0 Å². The number of nitrogens with two attached hydrogens (primary N) is 2. The maximum atomic E-state index is 12.4. The Morgan fingerprint density at radius 3 is 2.64 bits per heavy atom. The van der Waals surface area contributed by atoms with Crippen LogP contribution in [0.1, 0.15) is 20.8 Å². The van der Waals surface area contributed by atoms with Crippen LogP contribution < -0.4 is 22.5 Å². The highest BCUT2D eigenvalue weighted by atomic mass is 16.6. The lowest BCUT2D eigenvalue weighted by atomic mass is 10.1. The zero-order valence-corrected chi connectivity index (χ0v) is 14.1. The maximum Gasteiger partial charge on any atom is 0.353 e. The molecule has 3 rings (SSSR count). The van der Waals surface area contributed by atoms with E-state index in [2.05, 4.69) is 20.6 Å². The van der Waals surface area contributed by atoms with Gasteiger partial charge in [0.25, 0.3) is 11.6 Å². The standard InChI is InChI=1S/C14H13N9O5/c15-11(24)7-1-2-9(23(27)28)8(5-7)17-3-4-22-14(26)21-6-18-10(12(16)25)13(21)19-20-22/h1-2,5-6,17H,3-4H2,(H2,15,24)(H2,16,25). The zero-order chi connectivity index (χ0) is 20.4. The molecule has 0 saturated carbocycles. The van der Waals surface area contributed by atoms with Crippen molar-refractivity contribution in [2.24, 2.45) is 11.5 Å². The summed E-state index contributed by atoms with van der Waals surface area (Å²) < 4.78 is 1.97. The van der Waals surface area contributed by atoms with E-state index in [1.807, 2.05) is 0 Å². The second-order valence-electron chi connectivity index (χ2n) is 5.53. The van der Waals surface area contributed by atoms with Crippen molar-refractivity contribution in [1.82, 2.24) is 24.4 Å². The number of benzene rings is 1. The maximum absolute atomic E-state index is 12.4. The van der Waals surface area contributed by atoms with Gasteiger partial charge in [-0.05, 0) is 12.1 Å². The number of carbonyl (C=O) groups is 2. The summed E-state index contributed by atoms with van der Waals surface area (Å²) in [6.07, 6.45) is 1.09. The minimum Gasteiger partial charge on any atom is -0.378 e. The molecular formula is C14H13N9O5. The molecule has 0 bridgehead atoms. The van der Waals surface area contributed by atoms with E-state index >= 15 is 0 Å². The van der Waals surface area contributed by atoms with Crippen molar-refractivity contribution >= 4 is 28.8 Å². The quantitative estimate of drug-likeness (QED) is 0.318. The second kappa shape index (κ2) is 7.10. The molecule has 2 amide bonds. The molecule has 0 fully saturated rings. The van der Waals surface area contributed by atoms with Gasteiger partial charge < -0.3 is 16.8 Å². The Morgan fingerprint density at radius 2 is 2.00 bits per heavy atom. The molecule has 0 radical (unpaired) electrons. The Balaban J connectivity index is 1.82. The van der Waals surface area contributed by atoms with Crippen molar-refractivity contribution in [2.75, 3.05) is 11.9 Å². The minimum atomic E-state index is -0.850. The molecule has 2 aromatic heterocycles. The predicted octanol–water partition coefficient (Wildman–Crippen LogP) is -1.50. The second-order valence-corrected chi connectivity index (χ2v) is 5.53. The average Bonchev–Trinajstić information content (AvgIpc) is 3.08. The Bertz CT molecular complexity index is 1170. The summed E-state index contributed by atoms with van der Waals surface area (Å²) >= 11 is 0. The molecule has 0 atom stereocenters. The molecule has 0 aliphatic carbocycles. The number of nitrogens with zero attached hydrogens (tertiary/aromatic N) is 6. The first-order valence-electron chi connectivity index (χ1n) is 7.72. The van der Waals surface area contributed by atoms with Crippen molar-refractivity contribution < 1.29 is 14.5 Å². The van der Waals surface area contributed by atoms with Crippen molar-refractivity contribution in [3.05, 3.63) is 56.4 Å². The number of nitro groups is 1. The first-order chi connectivity index (χ1) is 13.3.